The molecule has 2 N–H and O–H groups in total. The lowest BCUT2D eigenvalue weighted by Gasteiger charge is -2.55. The first-order valence-electron chi connectivity index (χ1n) is 8.50. The second-order valence-electron chi connectivity index (χ2n) is 6.83. The van der Waals surface area contributed by atoms with Crippen LogP contribution in [0.4, 0.5) is 8.78 Å². The summed E-state index contributed by atoms with van der Waals surface area (Å²) in [6.45, 7) is 6.52. The predicted octanol–water partition coefficient (Wildman–Crippen LogP) is 2.30. The Morgan fingerprint density at radius 3 is 2.36 bits per heavy atom. The number of hydrogen-bond acceptors (Lipinski definition) is 5. The van der Waals surface area contributed by atoms with E-state index in [1.807, 2.05) is 6.92 Å². The Morgan fingerprint density at radius 2 is 1.93 bits per heavy atom. The lowest BCUT2D eigenvalue weighted by molar-refractivity contribution is -0.285. The third-order valence-corrected chi connectivity index (χ3v) is 4.67. The highest BCUT2D eigenvalue weighted by molar-refractivity contribution is 6.27. The molecule has 8 nitrogen and oxygen atoms in total. The van der Waals surface area contributed by atoms with Crippen LogP contribution < -0.4 is 0 Å². The number of nitrogens with zero attached hydrogens (tertiary/aromatic N) is 3. The average molecular weight is 397 g/mol. The van der Waals surface area contributed by atoms with E-state index < -0.39 is 29.2 Å². The Labute approximate surface area is 159 Å². The fourth-order valence-corrected chi connectivity index (χ4v) is 3.32. The minimum Gasteiger partial charge on any atom is -0.473 e. The zero-order valence-electron chi connectivity index (χ0n) is 15.5. The van der Waals surface area contributed by atoms with Crippen LogP contribution in [0.1, 0.15) is 26.3 Å². The molecule has 1 aliphatic heterocycles. The van der Waals surface area contributed by atoms with Gasteiger partial charge in [0.15, 0.2) is 0 Å². The molecule has 0 spiro atoms. The van der Waals surface area contributed by atoms with Gasteiger partial charge in [-0.3, -0.25) is 0 Å². The summed E-state index contributed by atoms with van der Waals surface area (Å²) in [6.07, 6.45) is 3.04. The molecular weight excluding hydrogens is 376 g/mol. The van der Waals surface area contributed by atoms with Gasteiger partial charge in [0, 0.05) is 17.5 Å². The summed E-state index contributed by atoms with van der Waals surface area (Å²) in [5, 5.41) is 18.9. The van der Waals surface area contributed by atoms with Gasteiger partial charge in [-0.15, -0.1) is 0 Å². The maximum atomic E-state index is 14.3. The topological polar surface area (TPSA) is 115 Å². The van der Waals surface area contributed by atoms with Crippen molar-refractivity contribution in [2.24, 2.45) is 11.8 Å². The van der Waals surface area contributed by atoms with Crippen LogP contribution in [-0.2, 0) is 26.5 Å². The molecule has 1 fully saturated rings. The van der Waals surface area contributed by atoms with Crippen molar-refractivity contribution in [2.75, 3.05) is 0 Å². The van der Waals surface area contributed by atoms with Gasteiger partial charge in [-0.05, 0) is 12.0 Å². The van der Waals surface area contributed by atoms with Crippen LogP contribution >= 0.6 is 0 Å². The molecule has 3 unspecified atom stereocenters. The van der Waals surface area contributed by atoms with Crippen LogP contribution in [0.25, 0.3) is 0 Å². The van der Waals surface area contributed by atoms with Crippen molar-refractivity contribution in [1.82, 2.24) is 14.8 Å². The van der Waals surface area contributed by atoms with Crippen LogP contribution in [0.15, 0.2) is 30.9 Å². The molecule has 0 bridgehead atoms. The molecule has 0 saturated carbocycles. The monoisotopic (exact) mass is 397 g/mol. The number of benzene rings is 1. The summed E-state index contributed by atoms with van der Waals surface area (Å²) in [5.41, 5.74) is -0.478. The lowest BCUT2D eigenvalue weighted by atomic mass is 9.70. The van der Waals surface area contributed by atoms with Gasteiger partial charge in [0.05, 0.1) is 12.6 Å². The number of aliphatic carboxylic acids is 2. The Kier molecular flexibility index (Phi) is 6.45. The smallest absolute Gasteiger partial charge is 0.414 e. The standard InChI is InChI=1S/C16H19F2N3O.C2H2O4/c1-10(2)15-11(3)16(22-15,7-21-9-19-8-20-21)13-5-4-12(17)6-14(13)18;3-1(4)2(5)6/h4-6,8-11,15H,7H2,1-3H3;(H,3,4)(H,5,6). The van der Waals surface area contributed by atoms with Crippen molar-refractivity contribution in [3.8, 4) is 0 Å². The molecule has 2 aromatic rings. The van der Waals surface area contributed by atoms with E-state index in [0.717, 1.165) is 6.07 Å². The van der Waals surface area contributed by atoms with Crippen LogP contribution in [0.3, 0.4) is 0 Å². The molecule has 28 heavy (non-hydrogen) atoms. The van der Waals surface area contributed by atoms with E-state index in [4.69, 9.17) is 24.5 Å². The van der Waals surface area contributed by atoms with Gasteiger partial charge in [-0.2, -0.15) is 5.10 Å². The molecule has 152 valence electrons. The highest BCUT2D eigenvalue weighted by atomic mass is 19.1. The number of hydrogen-bond donors (Lipinski definition) is 2. The molecule has 0 radical (unpaired) electrons. The third kappa shape index (κ3) is 4.33. The first-order chi connectivity index (χ1) is 13.1. The van der Waals surface area contributed by atoms with E-state index in [2.05, 4.69) is 23.9 Å². The Balaban J connectivity index is 0.000000409. The van der Waals surface area contributed by atoms with E-state index in [-0.39, 0.29) is 12.0 Å². The quantitative estimate of drug-likeness (QED) is 0.761. The molecule has 0 aliphatic carbocycles. The average Bonchev–Trinajstić information content (AvgIpc) is 3.11. The minimum absolute atomic E-state index is 0.0352. The fourth-order valence-electron chi connectivity index (χ4n) is 3.32. The summed E-state index contributed by atoms with van der Waals surface area (Å²) in [6, 6.07) is 3.63. The SMILES string of the molecule is CC(C)C1OC(Cn2cncn2)(c2ccc(F)cc2F)C1C.O=C(O)C(=O)O. The zero-order valence-corrected chi connectivity index (χ0v) is 15.5. The van der Waals surface area contributed by atoms with Crippen LogP contribution in [0.5, 0.6) is 0 Å². The number of rotatable bonds is 4. The molecule has 3 rings (SSSR count). The Morgan fingerprint density at radius 1 is 1.29 bits per heavy atom. The van der Waals surface area contributed by atoms with Gasteiger partial charge in [-0.1, -0.05) is 26.8 Å². The molecule has 2 heterocycles. The van der Waals surface area contributed by atoms with Crippen LogP contribution in [0, 0.1) is 23.5 Å². The molecule has 10 heteroatoms. The van der Waals surface area contributed by atoms with Crippen molar-refractivity contribution in [3.05, 3.63) is 48.1 Å². The van der Waals surface area contributed by atoms with Crippen molar-refractivity contribution < 1.29 is 33.3 Å². The van der Waals surface area contributed by atoms with Gasteiger partial charge in [0.1, 0.15) is 29.9 Å². The predicted molar refractivity (Wildman–Crippen MR) is 92.2 cm³/mol. The zero-order chi connectivity index (χ0) is 21.1. The normalized spacial score (nSPS) is 23.5. The molecule has 1 aromatic heterocycles. The van der Waals surface area contributed by atoms with Crippen molar-refractivity contribution in [2.45, 2.75) is 39.0 Å². The van der Waals surface area contributed by atoms with Gasteiger partial charge in [-0.25, -0.2) is 28.0 Å². The summed E-state index contributed by atoms with van der Waals surface area (Å²) in [5.74, 6) is -4.43. The van der Waals surface area contributed by atoms with Gasteiger partial charge in [0.2, 0.25) is 0 Å². The first kappa shape index (κ1) is 21.4. The summed E-state index contributed by atoms with van der Waals surface area (Å²) in [4.78, 5) is 22.1. The number of carboxylic acids is 2. The molecular formula is C18H21F2N3O5. The molecule has 0 amide bonds. The van der Waals surface area contributed by atoms with Crippen LogP contribution in [0.2, 0.25) is 0 Å². The molecule has 1 saturated heterocycles. The van der Waals surface area contributed by atoms with E-state index in [1.165, 1.54) is 18.5 Å². The van der Waals surface area contributed by atoms with Crippen molar-refractivity contribution >= 4 is 11.9 Å². The first-order valence-corrected chi connectivity index (χ1v) is 8.50. The number of halogens is 2. The third-order valence-electron chi connectivity index (χ3n) is 4.67. The van der Waals surface area contributed by atoms with E-state index >= 15 is 0 Å². The maximum absolute atomic E-state index is 14.3. The van der Waals surface area contributed by atoms with Crippen molar-refractivity contribution in [1.29, 1.82) is 0 Å². The number of carboxylic acid groups (broad SMARTS) is 2. The van der Waals surface area contributed by atoms with E-state index in [1.54, 1.807) is 11.0 Å². The fraction of sp³-hybridized carbons (Fsp3) is 0.444. The van der Waals surface area contributed by atoms with Gasteiger partial charge < -0.3 is 14.9 Å². The number of carbonyl (C=O) groups is 2. The summed E-state index contributed by atoms with van der Waals surface area (Å²) >= 11 is 0. The highest BCUT2D eigenvalue weighted by Gasteiger charge is 2.56. The molecule has 1 aromatic carbocycles. The van der Waals surface area contributed by atoms with E-state index in [0.29, 0.717) is 18.0 Å². The minimum atomic E-state index is -1.82. The number of aromatic nitrogens is 3. The molecule has 1 aliphatic rings. The molecule has 3 atom stereocenters. The van der Waals surface area contributed by atoms with Gasteiger partial charge >= 0.3 is 11.9 Å². The van der Waals surface area contributed by atoms with Gasteiger partial charge in [0.25, 0.3) is 0 Å². The van der Waals surface area contributed by atoms with Crippen molar-refractivity contribution in [3.63, 3.8) is 0 Å². The lowest BCUT2D eigenvalue weighted by Crippen LogP contribution is -2.60. The second kappa shape index (κ2) is 8.42. The van der Waals surface area contributed by atoms with Crippen LogP contribution in [-0.4, -0.2) is 43.0 Å². The highest BCUT2D eigenvalue weighted by Crippen LogP contribution is 2.51. The van der Waals surface area contributed by atoms with E-state index in [9.17, 15) is 8.78 Å². The second-order valence-corrected chi connectivity index (χ2v) is 6.83. The Hall–Kier alpha value is -2.88. The number of ether oxygens (including phenoxy) is 1. The largest absolute Gasteiger partial charge is 0.473 e. The summed E-state index contributed by atoms with van der Waals surface area (Å²) < 4.78 is 35.3. The summed E-state index contributed by atoms with van der Waals surface area (Å²) in [7, 11) is 0. The Bertz CT molecular complexity index is 832. The maximum Gasteiger partial charge on any atom is 0.414 e.